The van der Waals surface area contributed by atoms with E-state index in [2.05, 4.69) is 31.0 Å². The molecule has 2 saturated heterocycles. The van der Waals surface area contributed by atoms with E-state index in [1.807, 2.05) is 17.0 Å². The van der Waals surface area contributed by atoms with E-state index in [1.165, 1.54) is 6.42 Å². The number of carbonyl (C=O) groups excluding carboxylic acids is 3. The Morgan fingerprint density at radius 1 is 0.806 bits per heavy atom. The number of nitrogens with zero attached hydrogens (tertiary/aromatic N) is 3. The molecule has 0 saturated carbocycles. The Labute approximate surface area is 185 Å². The van der Waals surface area contributed by atoms with Crippen LogP contribution in [0.25, 0.3) is 0 Å². The Balaban J connectivity index is 1.39. The molecule has 0 spiro atoms. The molecule has 2 heterocycles. The SMILES string of the molecule is CC(C)(C)c1ccc(C(=O)NCC(=O)N2CCN(CC(=O)N3CCCCC3)CC2)cc1. The van der Waals surface area contributed by atoms with Crippen LogP contribution < -0.4 is 5.32 Å². The van der Waals surface area contributed by atoms with Crippen LogP contribution in [0.15, 0.2) is 24.3 Å². The third-order valence-corrected chi connectivity index (χ3v) is 6.21. The van der Waals surface area contributed by atoms with Crippen LogP contribution in [-0.2, 0) is 15.0 Å². The zero-order valence-corrected chi connectivity index (χ0v) is 19.2. The average molecular weight is 429 g/mol. The molecule has 31 heavy (non-hydrogen) atoms. The lowest BCUT2D eigenvalue weighted by molar-refractivity contribution is -0.135. The fraction of sp³-hybridized carbons (Fsp3) is 0.625. The van der Waals surface area contributed by atoms with Crippen molar-refractivity contribution in [3.05, 3.63) is 35.4 Å². The summed E-state index contributed by atoms with van der Waals surface area (Å²) in [5.41, 5.74) is 1.75. The molecule has 3 rings (SSSR count). The summed E-state index contributed by atoms with van der Waals surface area (Å²) in [6, 6.07) is 7.53. The second-order valence-corrected chi connectivity index (χ2v) is 9.61. The van der Waals surface area contributed by atoms with E-state index in [4.69, 9.17) is 0 Å². The van der Waals surface area contributed by atoms with Crippen molar-refractivity contribution in [2.45, 2.75) is 45.4 Å². The Morgan fingerprint density at radius 3 is 1.97 bits per heavy atom. The zero-order valence-electron chi connectivity index (χ0n) is 19.2. The van der Waals surface area contributed by atoms with Gasteiger partial charge in [0.2, 0.25) is 11.8 Å². The first-order valence-corrected chi connectivity index (χ1v) is 11.4. The molecule has 0 aliphatic carbocycles. The van der Waals surface area contributed by atoms with Gasteiger partial charge in [0.05, 0.1) is 13.1 Å². The van der Waals surface area contributed by atoms with Crippen molar-refractivity contribution < 1.29 is 14.4 Å². The van der Waals surface area contributed by atoms with Crippen molar-refractivity contribution in [1.29, 1.82) is 0 Å². The lowest BCUT2D eigenvalue weighted by Gasteiger charge is -2.36. The lowest BCUT2D eigenvalue weighted by atomic mass is 9.87. The number of rotatable bonds is 5. The third-order valence-electron chi connectivity index (χ3n) is 6.21. The fourth-order valence-corrected chi connectivity index (χ4v) is 4.08. The number of piperazine rings is 1. The highest BCUT2D eigenvalue weighted by Gasteiger charge is 2.25. The molecule has 7 nitrogen and oxygen atoms in total. The summed E-state index contributed by atoms with van der Waals surface area (Å²) >= 11 is 0. The predicted octanol–water partition coefficient (Wildman–Crippen LogP) is 1.87. The third kappa shape index (κ3) is 6.53. The highest BCUT2D eigenvalue weighted by atomic mass is 16.2. The maximum Gasteiger partial charge on any atom is 0.251 e. The molecule has 2 aliphatic heterocycles. The first-order valence-electron chi connectivity index (χ1n) is 11.4. The van der Waals surface area contributed by atoms with Crippen molar-refractivity contribution >= 4 is 17.7 Å². The molecule has 170 valence electrons. The van der Waals surface area contributed by atoms with E-state index < -0.39 is 0 Å². The van der Waals surface area contributed by atoms with Crippen LogP contribution in [0.3, 0.4) is 0 Å². The van der Waals surface area contributed by atoms with Gasteiger partial charge in [-0.3, -0.25) is 19.3 Å². The molecule has 7 heteroatoms. The second-order valence-electron chi connectivity index (χ2n) is 9.61. The summed E-state index contributed by atoms with van der Waals surface area (Å²) in [6.07, 6.45) is 3.41. The van der Waals surface area contributed by atoms with Crippen LogP contribution in [0.1, 0.15) is 56.0 Å². The first-order chi connectivity index (χ1) is 14.7. The smallest absolute Gasteiger partial charge is 0.251 e. The number of likely N-dealkylation sites (tertiary alicyclic amines) is 1. The van der Waals surface area contributed by atoms with E-state index in [-0.39, 0.29) is 29.7 Å². The highest BCUT2D eigenvalue weighted by Crippen LogP contribution is 2.22. The molecule has 1 aromatic rings. The van der Waals surface area contributed by atoms with Gasteiger partial charge in [0, 0.05) is 44.8 Å². The highest BCUT2D eigenvalue weighted by molar-refractivity contribution is 5.96. The molecule has 2 fully saturated rings. The molecule has 0 unspecified atom stereocenters. The van der Waals surface area contributed by atoms with Gasteiger partial charge in [-0.1, -0.05) is 32.9 Å². The molecular formula is C24H36N4O3. The topological polar surface area (TPSA) is 73.0 Å². The normalized spacial score (nSPS) is 18.0. The van der Waals surface area contributed by atoms with Crippen molar-refractivity contribution in [3.8, 4) is 0 Å². The van der Waals surface area contributed by atoms with Gasteiger partial charge in [0.1, 0.15) is 0 Å². The number of carbonyl (C=O) groups is 3. The molecule has 0 radical (unpaired) electrons. The first kappa shape index (κ1) is 23.3. The summed E-state index contributed by atoms with van der Waals surface area (Å²) < 4.78 is 0. The Bertz CT molecular complexity index is 771. The molecule has 1 N–H and O–H groups in total. The number of hydrogen-bond acceptors (Lipinski definition) is 4. The maximum absolute atomic E-state index is 12.5. The molecule has 0 aromatic heterocycles. The molecule has 1 aromatic carbocycles. The van der Waals surface area contributed by atoms with Gasteiger partial charge < -0.3 is 15.1 Å². The summed E-state index contributed by atoms with van der Waals surface area (Å²) in [6.45, 7) is 11.1. The van der Waals surface area contributed by atoms with Gasteiger partial charge in [-0.15, -0.1) is 0 Å². The molecule has 0 atom stereocenters. The number of nitrogens with one attached hydrogen (secondary N) is 1. The second kappa shape index (κ2) is 10.3. The van der Waals surface area contributed by atoms with E-state index in [1.54, 1.807) is 17.0 Å². The Morgan fingerprint density at radius 2 is 1.39 bits per heavy atom. The van der Waals surface area contributed by atoms with E-state index >= 15 is 0 Å². The molecule has 3 amide bonds. The van der Waals surface area contributed by atoms with Gasteiger partial charge in [0.25, 0.3) is 5.91 Å². The van der Waals surface area contributed by atoms with Crippen LogP contribution in [0.5, 0.6) is 0 Å². The monoisotopic (exact) mass is 428 g/mol. The van der Waals surface area contributed by atoms with Crippen LogP contribution in [0.4, 0.5) is 0 Å². The maximum atomic E-state index is 12.5. The summed E-state index contributed by atoms with van der Waals surface area (Å²) in [5.74, 6) is -0.120. The van der Waals surface area contributed by atoms with Gasteiger partial charge in [0.15, 0.2) is 0 Å². The average Bonchev–Trinajstić information content (AvgIpc) is 2.78. The number of piperidine rings is 1. The van der Waals surface area contributed by atoms with Crippen molar-refractivity contribution in [1.82, 2.24) is 20.0 Å². The predicted molar refractivity (Wildman–Crippen MR) is 121 cm³/mol. The quantitative estimate of drug-likeness (QED) is 0.777. The largest absolute Gasteiger partial charge is 0.343 e. The standard InChI is InChI=1S/C24H36N4O3/c1-24(2,3)20-9-7-19(8-10-20)23(31)25-17-21(29)28-15-13-26(14-16-28)18-22(30)27-11-5-4-6-12-27/h7-10H,4-6,11-18H2,1-3H3,(H,25,31). The van der Waals surface area contributed by atoms with Crippen molar-refractivity contribution in [2.75, 3.05) is 52.4 Å². The minimum Gasteiger partial charge on any atom is -0.343 e. The summed E-state index contributed by atoms with van der Waals surface area (Å²) in [7, 11) is 0. The molecular weight excluding hydrogens is 392 g/mol. The number of amides is 3. The molecule has 0 bridgehead atoms. The zero-order chi connectivity index (χ0) is 22.4. The van der Waals surface area contributed by atoms with E-state index in [9.17, 15) is 14.4 Å². The van der Waals surface area contributed by atoms with Crippen molar-refractivity contribution in [2.24, 2.45) is 0 Å². The molecule has 2 aliphatic rings. The Hall–Kier alpha value is -2.41. The van der Waals surface area contributed by atoms with Crippen LogP contribution in [-0.4, -0.2) is 84.8 Å². The minimum atomic E-state index is -0.237. The summed E-state index contributed by atoms with van der Waals surface area (Å²) in [5, 5.41) is 2.74. The van der Waals surface area contributed by atoms with Crippen LogP contribution in [0.2, 0.25) is 0 Å². The fourth-order valence-electron chi connectivity index (χ4n) is 4.08. The van der Waals surface area contributed by atoms with Gasteiger partial charge in [-0.2, -0.15) is 0 Å². The number of benzene rings is 1. The van der Waals surface area contributed by atoms with Crippen LogP contribution >= 0.6 is 0 Å². The van der Waals surface area contributed by atoms with E-state index in [0.29, 0.717) is 38.3 Å². The van der Waals surface area contributed by atoms with Crippen molar-refractivity contribution in [3.63, 3.8) is 0 Å². The van der Waals surface area contributed by atoms with Gasteiger partial charge in [-0.05, 0) is 42.4 Å². The van der Waals surface area contributed by atoms with Crippen LogP contribution in [0, 0.1) is 0 Å². The number of hydrogen-bond donors (Lipinski definition) is 1. The van der Waals surface area contributed by atoms with E-state index in [0.717, 1.165) is 31.5 Å². The Kier molecular flexibility index (Phi) is 7.70. The van der Waals surface area contributed by atoms with Gasteiger partial charge >= 0.3 is 0 Å². The summed E-state index contributed by atoms with van der Waals surface area (Å²) in [4.78, 5) is 43.2. The van der Waals surface area contributed by atoms with Gasteiger partial charge in [-0.25, -0.2) is 0 Å². The lowest BCUT2D eigenvalue weighted by Crippen LogP contribution is -2.53. The minimum absolute atomic E-state index is 0.00738.